The zero-order valence-corrected chi connectivity index (χ0v) is 17.3. The number of anilines is 1. The van der Waals surface area contributed by atoms with E-state index in [1.54, 1.807) is 30.3 Å². The molecule has 0 spiro atoms. The summed E-state index contributed by atoms with van der Waals surface area (Å²) in [6, 6.07) is 14.2. The van der Waals surface area contributed by atoms with Crippen molar-refractivity contribution in [3.63, 3.8) is 0 Å². The Morgan fingerprint density at radius 2 is 1.84 bits per heavy atom. The molecule has 162 valence electrons. The molecule has 0 radical (unpaired) electrons. The van der Waals surface area contributed by atoms with Crippen LogP contribution < -0.4 is 5.32 Å². The van der Waals surface area contributed by atoms with Crippen LogP contribution in [0.4, 0.5) is 18.9 Å². The minimum absolute atomic E-state index is 0.0892. The Morgan fingerprint density at radius 3 is 2.52 bits per heavy atom. The highest BCUT2D eigenvalue weighted by atomic mass is 32.1. The van der Waals surface area contributed by atoms with Crippen LogP contribution in [-0.2, 0) is 10.9 Å². The number of aromatic nitrogens is 1. The van der Waals surface area contributed by atoms with Gasteiger partial charge in [0, 0.05) is 11.3 Å². The van der Waals surface area contributed by atoms with Crippen molar-refractivity contribution in [3.8, 4) is 10.6 Å². The molecule has 1 heterocycles. The van der Waals surface area contributed by atoms with Crippen LogP contribution >= 0.6 is 11.3 Å². The topological polar surface area (TPSA) is 68.3 Å². The Labute approximate surface area is 180 Å². The van der Waals surface area contributed by atoms with Crippen LogP contribution in [0.15, 0.2) is 54.6 Å². The summed E-state index contributed by atoms with van der Waals surface area (Å²) in [7, 11) is 0. The summed E-state index contributed by atoms with van der Waals surface area (Å²) in [6.07, 6.45) is -3.20. The van der Waals surface area contributed by atoms with E-state index < -0.39 is 28.6 Å². The normalized spacial score (nSPS) is 11.2. The van der Waals surface area contributed by atoms with Gasteiger partial charge in [-0.2, -0.15) is 13.2 Å². The van der Waals surface area contributed by atoms with Gasteiger partial charge in [0.15, 0.2) is 5.69 Å². The molecule has 3 rings (SSSR count). The van der Waals surface area contributed by atoms with Gasteiger partial charge in [0.05, 0.1) is 12.2 Å². The van der Waals surface area contributed by atoms with Crippen LogP contribution in [0, 0.1) is 0 Å². The first kappa shape index (κ1) is 22.5. The highest BCUT2D eigenvalue weighted by Gasteiger charge is 2.39. The Bertz CT molecular complexity index is 1070. The molecule has 0 aliphatic heterocycles. The molecular weight excluding hydrogens is 429 g/mol. The summed E-state index contributed by atoms with van der Waals surface area (Å²) in [5, 5.41) is 2.51. The number of hydrogen-bond donors (Lipinski definition) is 1. The van der Waals surface area contributed by atoms with E-state index in [0.29, 0.717) is 16.9 Å². The number of carbonyl (C=O) groups excluding carboxylic acids is 2. The van der Waals surface area contributed by atoms with E-state index in [9.17, 15) is 22.8 Å². The summed E-state index contributed by atoms with van der Waals surface area (Å²) in [4.78, 5) is 27.9. The second-order valence-corrected chi connectivity index (χ2v) is 7.58. The molecule has 0 fully saturated rings. The predicted octanol–water partition coefficient (Wildman–Crippen LogP) is 6.04. The molecule has 1 amide bonds. The van der Waals surface area contributed by atoms with Gasteiger partial charge in [-0.05, 0) is 24.6 Å². The van der Waals surface area contributed by atoms with Gasteiger partial charge in [-0.1, -0.05) is 49.7 Å². The van der Waals surface area contributed by atoms with Crippen LogP contribution in [0.1, 0.15) is 45.5 Å². The number of rotatable bonds is 7. The van der Waals surface area contributed by atoms with E-state index in [2.05, 4.69) is 10.3 Å². The number of benzene rings is 2. The minimum atomic E-state index is -4.79. The number of alkyl halides is 3. The molecule has 2 aromatic carbocycles. The molecule has 0 atom stereocenters. The van der Waals surface area contributed by atoms with Gasteiger partial charge in [-0.3, -0.25) is 4.79 Å². The number of carbonyl (C=O) groups is 2. The van der Waals surface area contributed by atoms with Gasteiger partial charge < -0.3 is 10.1 Å². The van der Waals surface area contributed by atoms with Crippen LogP contribution in [0.25, 0.3) is 10.6 Å². The molecule has 0 saturated heterocycles. The maximum absolute atomic E-state index is 13.5. The lowest BCUT2D eigenvalue weighted by Gasteiger charge is -2.09. The Balaban J connectivity index is 1.84. The monoisotopic (exact) mass is 448 g/mol. The summed E-state index contributed by atoms with van der Waals surface area (Å²) >= 11 is 0.656. The summed E-state index contributed by atoms with van der Waals surface area (Å²) in [5.74, 6) is -1.52. The van der Waals surface area contributed by atoms with Crippen molar-refractivity contribution in [1.82, 2.24) is 4.98 Å². The molecular formula is C22H19F3N2O3S. The van der Waals surface area contributed by atoms with E-state index in [1.165, 1.54) is 24.3 Å². The van der Waals surface area contributed by atoms with E-state index in [-0.39, 0.29) is 22.9 Å². The summed E-state index contributed by atoms with van der Waals surface area (Å²) in [5.41, 5.74) is -0.394. The van der Waals surface area contributed by atoms with Crippen LogP contribution in [0.5, 0.6) is 0 Å². The van der Waals surface area contributed by atoms with Crippen molar-refractivity contribution < 1.29 is 27.5 Å². The molecule has 0 saturated carbocycles. The molecule has 0 unspecified atom stereocenters. The van der Waals surface area contributed by atoms with Gasteiger partial charge in [0.2, 0.25) is 0 Å². The molecule has 5 nitrogen and oxygen atoms in total. The highest BCUT2D eigenvalue weighted by molar-refractivity contribution is 7.17. The number of esters is 1. The Morgan fingerprint density at radius 1 is 1.10 bits per heavy atom. The maximum Gasteiger partial charge on any atom is 0.435 e. The molecule has 1 N–H and O–H groups in total. The number of nitrogens with zero attached hydrogens (tertiary/aromatic N) is 1. The van der Waals surface area contributed by atoms with Crippen molar-refractivity contribution >= 4 is 28.9 Å². The fourth-order valence-electron chi connectivity index (χ4n) is 2.67. The smallest absolute Gasteiger partial charge is 0.435 e. The molecule has 0 bridgehead atoms. The number of thiazole rings is 1. The molecule has 0 aliphatic carbocycles. The number of ether oxygens (including phenoxy) is 1. The van der Waals surface area contributed by atoms with Crippen LogP contribution in [-0.4, -0.2) is 23.5 Å². The van der Waals surface area contributed by atoms with E-state index >= 15 is 0 Å². The van der Waals surface area contributed by atoms with Gasteiger partial charge in [0.25, 0.3) is 5.91 Å². The number of amides is 1. The quantitative estimate of drug-likeness (QED) is 0.354. The van der Waals surface area contributed by atoms with Gasteiger partial charge in [0.1, 0.15) is 9.88 Å². The fraction of sp³-hybridized carbons (Fsp3) is 0.227. The molecule has 1 aromatic heterocycles. The minimum Gasteiger partial charge on any atom is -0.462 e. The Hall–Kier alpha value is -3.20. The number of unbranched alkanes of at least 4 members (excludes halogenated alkanes) is 1. The largest absolute Gasteiger partial charge is 0.462 e. The maximum atomic E-state index is 13.5. The van der Waals surface area contributed by atoms with Crippen molar-refractivity contribution in [1.29, 1.82) is 0 Å². The first-order chi connectivity index (χ1) is 14.8. The molecule has 9 heteroatoms. The second-order valence-electron chi connectivity index (χ2n) is 6.58. The zero-order chi connectivity index (χ0) is 22.4. The van der Waals surface area contributed by atoms with Crippen molar-refractivity contribution in [2.75, 3.05) is 11.9 Å². The highest BCUT2D eigenvalue weighted by Crippen LogP contribution is 2.38. The molecule has 31 heavy (non-hydrogen) atoms. The third kappa shape index (κ3) is 5.69. The summed E-state index contributed by atoms with van der Waals surface area (Å²) in [6.45, 7) is 2.23. The van der Waals surface area contributed by atoms with Crippen LogP contribution in [0.3, 0.4) is 0 Å². The van der Waals surface area contributed by atoms with Crippen LogP contribution in [0.2, 0.25) is 0 Å². The average molecular weight is 448 g/mol. The summed E-state index contributed by atoms with van der Waals surface area (Å²) < 4.78 is 45.6. The van der Waals surface area contributed by atoms with Gasteiger partial charge in [-0.15, -0.1) is 11.3 Å². The lowest BCUT2D eigenvalue weighted by molar-refractivity contribution is -0.141. The van der Waals surface area contributed by atoms with Gasteiger partial charge in [-0.25, -0.2) is 9.78 Å². The first-order valence-electron chi connectivity index (χ1n) is 9.51. The average Bonchev–Trinajstić information content (AvgIpc) is 3.21. The zero-order valence-electron chi connectivity index (χ0n) is 16.5. The Kier molecular flexibility index (Phi) is 7.06. The fourth-order valence-corrected chi connectivity index (χ4v) is 3.66. The van der Waals surface area contributed by atoms with E-state index in [1.807, 2.05) is 6.92 Å². The second kappa shape index (κ2) is 9.74. The molecule has 0 aliphatic rings. The number of hydrogen-bond acceptors (Lipinski definition) is 5. The molecule has 3 aromatic rings. The van der Waals surface area contributed by atoms with Crippen molar-refractivity contribution in [2.45, 2.75) is 25.9 Å². The third-order valence-electron chi connectivity index (χ3n) is 4.21. The standard InChI is InChI=1S/C22H19F3N2O3S/c1-2-3-12-30-21(29)15-10-7-11-16(13-15)26-19(28)17-18(22(23,24)25)27-20(31-17)14-8-5-4-6-9-14/h4-11,13H,2-3,12H2,1H3,(H,26,28). The van der Waals surface area contributed by atoms with Gasteiger partial charge >= 0.3 is 12.1 Å². The third-order valence-corrected chi connectivity index (χ3v) is 5.31. The van der Waals surface area contributed by atoms with E-state index in [4.69, 9.17) is 4.74 Å². The predicted molar refractivity (Wildman–Crippen MR) is 112 cm³/mol. The lowest BCUT2D eigenvalue weighted by atomic mass is 10.2. The SMILES string of the molecule is CCCCOC(=O)c1cccc(NC(=O)c2sc(-c3ccccc3)nc2C(F)(F)F)c1. The van der Waals surface area contributed by atoms with Crippen molar-refractivity contribution in [2.24, 2.45) is 0 Å². The lowest BCUT2D eigenvalue weighted by Crippen LogP contribution is -2.17. The number of halogens is 3. The van der Waals surface area contributed by atoms with E-state index in [0.717, 1.165) is 12.8 Å². The van der Waals surface area contributed by atoms with Crippen molar-refractivity contribution in [3.05, 3.63) is 70.7 Å². The first-order valence-corrected chi connectivity index (χ1v) is 10.3. The number of nitrogens with one attached hydrogen (secondary N) is 1.